The zero-order valence-corrected chi connectivity index (χ0v) is 21.8. The highest BCUT2D eigenvalue weighted by molar-refractivity contribution is 5.90. The summed E-state index contributed by atoms with van der Waals surface area (Å²) in [5.41, 5.74) is 3.01. The van der Waals surface area contributed by atoms with Gasteiger partial charge in [0, 0.05) is 24.9 Å². The number of anilines is 1. The van der Waals surface area contributed by atoms with Crippen molar-refractivity contribution in [3.05, 3.63) is 66.2 Å². The van der Waals surface area contributed by atoms with Crippen LogP contribution < -0.4 is 16.1 Å². The predicted molar refractivity (Wildman–Crippen MR) is 140 cm³/mol. The van der Waals surface area contributed by atoms with Crippen LogP contribution in [0.25, 0.3) is 0 Å². The third-order valence-electron chi connectivity index (χ3n) is 5.14. The molecule has 9 heteroatoms. The maximum absolute atomic E-state index is 12.6. The van der Waals surface area contributed by atoms with Gasteiger partial charge in [0.25, 0.3) is 5.91 Å². The molecule has 0 heterocycles. The Bertz CT molecular complexity index is 1010. The smallest absolute Gasteiger partial charge is 0.408 e. The maximum atomic E-state index is 12.6. The van der Waals surface area contributed by atoms with Crippen molar-refractivity contribution in [3.8, 4) is 0 Å². The Kier molecular flexibility index (Phi) is 12.1. The van der Waals surface area contributed by atoms with E-state index in [4.69, 9.17) is 9.57 Å². The number of carbonyl (C=O) groups excluding carboxylic acids is 4. The number of ether oxygens (including phenoxy) is 1. The zero-order valence-electron chi connectivity index (χ0n) is 21.8. The number of unbranched alkanes of at least 4 members (excludes halogenated alkanes) is 3. The van der Waals surface area contributed by atoms with Crippen LogP contribution in [0.4, 0.5) is 10.5 Å². The van der Waals surface area contributed by atoms with Crippen molar-refractivity contribution in [1.29, 1.82) is 0 Å². The van der Waals surface area contributed by atoms with Crippen molar-refractivity contribution in [2.24, 2.45) is 0 Å². The van der Waals surface area contributed by atoms with E-state index in [1.807, 2.05) is 60.7 Å². The van der Waals surface area contributed by atoms with Crippen LogP contribution in [0, 0.1) is 0 Å². The molecule has 3 amide bonds. The number of alkyl carbamates (subject to hydrolysis) is 1. The molecule has 0 radical (unpaired) electrons. The lowest BCUT2D eigenvalue weighted by Gasteiger charge is -2.22. The molecule has 9 nitrogen and oxygen atoms in total. The van der Waals surface area contributed by atoms with Gasteiger partial charge in [0.2, 0.25) is 5.91 Å². The normalized spacial score (nSPS) is 11.6. The summed E-state index contributed by atoms with van der Waals surface area (Å²) in [5.74, 6) is -1.28. The third-order valence-corrected chi connectivity index (χ3v) is 5.14. The summed E-state index contributed by atoms with van der Waals surface area (Å²) >= 11 is 0. The first kappa shape index (κ1) is 29.4. The minimum Gasteiger partial charge on any atom is -0.444 e. The molecule has 1 atom stereocenters. The van der Waals surface area contributed by atoms with Crippen LogP contribution in [0.1, 0.15) is 64.9 Å². The molecule has 0 saturated heterocycles. The van der Waals surface area contributed by atoms with Crippen LogP contribution >= 0.6 is 0 Å². The molecular weight excluding hydrogens is 474 g/mol. The SMILES string of the molecule is CC(C)(C)OC(=O)NC(Cc1ccccc1)C(=O)ONC(=O)CCCCCCC(=O)Nc1ccccc1. The Morgan fingerprint density at radius 3 is 1.95 bits per heavy atom. The molecule has 2 aromatic rings. The van der Waals surface area contributed by atoms with Gasteiger partial charge in [-0.1, -0.05) is 61.4 Å². The number of benzene rings is 2. The summed E-state index contributed by atoms with van der Waals surface area (Å²) in [6, 6.07) is 17.4. The van der Waals surface area contributed by atoms with Gasteiger partial charge in [-0.25, -0.2) is 9.59 Å². The van der Waals surface area contributed by atoms with Gasteiger partial charge in [0.15, 0.2) is 0 Å². The lowest BCUT2D eigenvalue weighted by Crippen LogP contribution is -2.47. The molecule has 2 aromatic carbocycles. The first-order valence-electron chi connectivity index (χ1n) is 12.5. The standard InChI is InChI=1S/C28H37N3O6/c1-28(2,3)36-27(35)30-23(20-21-14-8-6-9-15-21)26(34)37-31-25(33)19-13-5-4-12-18-24(32)29-22-16-10-7-11-17-22/h6-11,14-17,23H,4-5,12-13,18-20H2,1-3H3,(H,29,32)(H,30,35)(H,31,33). The molecular formula is C28H37N3O6. The Labute approximate surface area is 218 Å². The molecule has 3 N–H and O–H groups in total. The quantitative estimate of drug-likeness (QED) is 0.281. The Morgan fingerprint density at radius 1 is 0.784 bits per heavy atom. The average molecular weight is 512 g/mol. The van der Waals surface area contributed by atoms with E-state index >= 15 is 0 Å². The maximum Gasteiger partial charge on any atom is 0.408 e. The van der Waals surface area contributed by atoms with Crippen LogP contribution in [0.5, 0.6) is 0 Å². The fourth-order valence-electron chi connectivity index (χ4n) is 3.39. The fraction of sp³-hybridized carbons (Fsp3) is 0.429. The van der Waals surface area contributed by atoms with Gasteiger partial charge >= 0.3 is 12.1 Å². The number of rotatable bonds is 12. The number of para-hydroxylation sites is 1. The van der Waals surface area contributed by atoms with E-state index < -0.39 is 29.6 Å². The molecule has 0 aliphatic heterocycles. The van der Waals surface area contributed by atoms with E-state index in [1.54, 1.807) is 20.8 Å². The van der Waals surface area contributed by atoms with Crippen LogP contribution in [0.3, 0.4) is 0 Å². The largest absolute Gasteiger partial charge is 0.444 e. The van der Waals surface area contributed by atoms with Gasteiger partial charge in [0.1, 0.15) is 11.6 Å². The van der Waals surface area contributed by atoms with E-state index in [0.717, 1.165) is 24.1 Å². The second-order valence-corrected chi connectivity index (χ2v) is 9.66. The highest BCUT2D eigenvalue weighted by Crippen LogP contribution is 2.11. The van der Waals surface area contributed by atoms with E-state index in [0.29, 0.717) is 19.3 Å². The van der Waals surface area contributed by atoms with E-state index in [2.05, 4.69) is 16.1 Å². The number of carbonyl (C=O) groups is 4. The van der Waals surface area contributed by atoms with Gasteiger partial charge in [-0.2, -0.15) is 5.48 Å². The van der Waals surface area contributed by atoms with Crippen molar-refractivity contribution in [3.63, 3.8) is 0 Å². The molecule has 0 aliphatic carbocycles. The highest BCUT2D eigenvalue weighted by Gasteiger charge is 2.26. The molecule has 0 aliphatic rings. The Morgan fingerprint density at radius 2 is 1.35 bits per heavy atom. The van der Waals surface area contributed by atoms with Crippen molar-refractivity contribution in [1.82, 2.24) is 10.8 Å². The fourth-order valence-corrected chi connectivity index (χ4v) is 3.39. The van der Waals surface area contributed by atoms with Gasteiger partial charge in [-0.15, -0.1) is 0 Å². The van der Waals surface area contributed by atoms with E-state index in [1.165, 1.54) is 0 Å². The number of amides is 3. The second-order valence-electron chi connectivity index (χ2n) is 9.66. The van der Waals surface area contributed by atoms with Gasteiger partial charge in [0.05, 0.1) is 0 Å². The third kappa shape index (κ3) is 13.1. The topological polar surface area (TPSA) is 123 Å². The monoisotopic (exact) mass is 511 g/mol. The molecule has 200 valence electrons. The van der Waals surface area contributed by atoms with Crippen molar-refractivity contribution >= 4 is 29.6 Å². The molecule has 2 rings (SSSR count). The summed E-state index contributed by atoms with van der Waals surface area (Å²) in [6.07, 6.45) is 2.87. The summed E-state index contributed by atoms with van der Waals surface area (Å²) in [4.78, 5) is 53.9. The second kappa shape index (κ2) is 15.3. The summed E-state index contributed by atoms with van der Waals surface area (Å²) in [5, 5.41) is 5.36. The molecule has 0 aromatic heterocycles. The first-order chi connectivity index (χ1) is 17.6. The van der Waals surface area contributed by atoms with Gasteiger partial charge in [-0.05, 0) is 51.3 Å². The predicted octanol–water partition coefficient (Wildman–Crippen LogP) is 4.68. The van der Waals surface area contributed by atoms with E-state index in [9.17, 15) is 19.2 Å². The van der Waals surface area contributed by atoms with Gasteiger partial charge in [-0.3, -0.25) is 9.59 Å². The number of hydroxylamine groups is 1. The van der Waals surface area contributed by atoms with Crippen molar-refractivity contribution in [2.45, 2.75) is 77.4 Å². The molecule has 0 fully saturated rings. The summed E-state index contributed by atoms with van der Waals surface area (Å²) in [7, 11) is 0. The molecule has 0 saturated carbocycles. The molecule has 37 heavy (non-hydrogen) atoms. The Balaban J connectivity index is 1.68. The minimum atomic E-state index is -1.04. The number of nitrogens with one attached hydrogen (secondary N) is 3. The average Bonchev–Trinajstić information content (AvgIpc) is 2.84. The van der Waals surface area contributed by atoms with Crippen LogP contribution in [0.15, 0.2) is 60.7 Å². The number of hydrogen-bond donors (Lipinski definition) is 3. The number of hydrogen-bond acceptors (Lipinski definition) is 6. The van der Waals surface area contributed by atoms with Crippen LogP contribution in [-0.4, -0.2) is 35.5 Å². The highest BCUT2D eigenvalue weighted by atomic mass is 16.7. The molecule has 0 spiro atoms. The van der Waals surface area contributed by atoms with Crippen LogP contribution in [0.2, 0.25) is 0 Å². The van der Waals surface area contributed by atoms with Crippen molar-refractivity contribution in [2.75, 3.05) is 5.32 Å². The Hall–Kier alpha value is -3.88. The van der Waals surface area contributed by atoms with Crippen LogP contribution in [-0.2, 0) is 30.4 Å². The van der Waals surface area contributed by atoms with E-state index in [-0.39, 0.29) is 18.7 Å². The van der Waals surface area contributed by atoms with Crippen molar-refractivity contribution < 1.29 is 28.8 Å². The zero-order chi connectivity index (χ0) is 27.1. The molecule has 0 bridgehead atoms. The lowest BCUT2D eigenvalue weighted by atomic mass is 10.1. The first-order valence-corrected chi connectivity index (χ1v) is 12.5. The van der Waals surface area contributed by atoms with Gasteiger partial charge < -0.3 is 20.2 Å². The molecule has 1 unspecified atom stereocenters. The summed E-state index contributed by atoms with van der Waals surface area (Å²) < 4.78 is 5.24. The summed E-state index contributed by atoms with van der Waals surface area (Å²) in [6.45, 7) is 5.16. The lowest BCUT2D eigenvalue weighted by molar-refractivity contribution is -0.160. The minimum absolute atomic E-state index is 0.0408.